The first-order chi connectivity index (χ1) is 9.56. The van der Waals surface area contributed by atoms with Crippen LogP contribution in [-0.4, -0.2) is 16.1 Å². The van der Waals surface area contributed by atoms with Gasteiger partial charge < -0.3 is 10.6 Å². The molecular formula is C14H19N3O2S. The standard InChI is InChI=1S/C14H19N3O2S/c1-10-4-2-3-5-13(10)16-14(20)15-11-6-8-12(9-7-11)17(18)19/h6-10,13H,2-5H2,1H3,(H2,15,16,20). The van der Waals surface area contributed by atoms with Gasteiger partial charge in [-0.05, 0) is 43.1 Å². The van der Waals surface area contributed by atoms with Gasteiger partial charge in [-0.3, -0.25) is 10.1 Å². The molecule has 2 unspecified atom stereocenters. The van der Waals surface area contributed by atoms with Crippen LogP contribution >= 0.6 is 12.2 Å². The van der Waals surface area contributed by atoms with Gasteiger partial charge in [0, 0.05) is 23.9 Å². The fraction of sp³-hybridized carbons (Fsp3) is 0.500. The van der Waals surface area contributed by atoms with Crippen molar-refractivity contribution in [3.8, 4) is 0 Å². The van der Waals surface area contributed by atoms with E-state index in [9.17, 15) is 10.1 Å². The van der Waals surface area contributed by atoms with Gasteiger partial charge in [0.15, 0.2) is 5.11 Å². The van der Waals surface area contributed by atoms with Crippen molar-refractivity contribution in [1.82, 2.24) is 5.32 Å². The van der Waals surface area contributed by atoms with E-state index in [0.29, 0.717) is 17.1 Å². The molecule has 0 heterocycles. The van der Waals surface area contributed by atoms with Crippen LogP contribution < -0.4 is 10.6 Å². The van der Waals surface area contributed by atoms with Crippen molar-refractivity contribution in [2.75, 3.05) is 5.32 Å². The number of rotatable bonds is 3. The molecule has 2 atom stereocenters. The Morgan fingerprint density at radius 2 is 1.95 bits per heavy atom. The molecule has 1 saturated carbocycles. The lowest BCUT2D eigenvalue weighted by molar-refractivity contribution is -0.384. The highest BCUT2D eigenvalue weighted by Crippen LogP contribution is 2.24. The van der Waals surface area contributed by atoms with E-state index < -0.39 is 4.92 Å². The number of non-ortho nitro benzene ring substituents is 1. The predicted molar refractivity (Wildman–Crippen MR) is 83.9 cm³/mol. The molecule has 0 aliphatic heterocycles. The van der Waals surface area contributed by atoms with E-state index in [1.54, 1.807) is 12.1 Å². The summed E-state index contributed by atoms with van der Waals surface area (Å²) in [4.78, 5) is 10.2. The van der Waals surface area contributed by atoms with E-state index in [-0.39, 0.29) is 5.69 Å². The lowest BCUT2D eigenvalue weighted by Gasteiger charge is -2.30. The maximum absolute atomic E-state index is 10.6. The van der Waals surface area contributed by atoms with E-state index in [0.717, 1.165) is 12.1 Å². The highest BCUT2D eigenvalue weighted by Gasteiger charge is 2.21. The first kappa shape index (κ1) is 14.7. The van der Waals surface area contributed by atoms with Crippen LogP contribution in [0.4, 0.5) is 11.4 Å². The minimum atomic E-state index is -0.413. The van der Waals surface area contributed by atoms with Crippen molar-refractivity contribution >= 4 is 28.7 Å². The normalized spacial score (nSPS) is 22.1. The summed E-state index contributed by atoms with van der Waals surface area (Å²) in [6, 6.07) is 6.68. The summed E-state index contributed by atoms with van der Waals surface area (Å²) in [5, 5.41) is 17.6. The Labute approximate surface area is 123 Å². The average molecular weight is 293 g/mol. The van der Waals surface area contributed by atoms with Gasteiger partial charge in [-0.2, -0.15) is 0 Å². The first-order valence-electron chi connectivity index (χ1n) is 6.88. The zero-order valence-corrected chi connectivity index (χ0v) is 12.3. The Morgan fingerprint density at radius 1 is 1.30 bits per heavy atom. The number of nitro benzene ring substituents is 1. The van der Waals surface area contributed by atoms with Crippen molar-refractivity contribution in [2.45, 2.75) is 38.6 Å². The van der Waals surface area contributed by atoms with Crippen LogP contribution in [0.3, 0.4) is 0 Å². The van der Waals surface area contributed by atoms with Crippen molar-refractivity contribution < 1.29 is 4.92 Å². The fourth-order valence-electron chi connectivity index (χ4n) is 2.53. The number of hydrogen-bond donors (Lipinski definition) is 2. The average Bonchev–Trinajstić information content (AvgIpc) is 2.42. The maximum Gasteiger partial charge on any atom is 0.269 e. The third kappa shape index (κ3) is 3.90. The zero-order chi connectivity index (χ0) is 14.5. The predicted octanol–water partition coefficient (Wildman–Crippen LogP) is 3.46. The Morgan fingerprint density at radius 3 is 2.55 bits per heavy atom. The molecule has 20 heavy (non-hydrogen) atoms. The molecule has 0 saturated heterocycles. The minimum Gasteiger partial charge on any atom is -0.359 e. The van der Waals surface area contributed by atoms with Crippen LogP contribution in [0.25, 0.3) is 0 Å². The summed E-state index contributed by atoms with van der Waals surface area (Å²) < 4.78 is 0. The topological polar surface area (TPSA) is 67.2 Å². The summed E-state index contributed by atoms with van der Waals surface area (Å²) in [5.74, 6) is 0.625. The van der Waals surface area contributed by atoms with Gasteiger partial charge in [-0.1, -0.05) is 19.8 Å². The van der Waals surface area contributed by atoms with Crippen LogP contribution in [0, 0.1) is 16.0 Å². The van der Waals surface area contributed by atoms with Gasteiger partial charge in [0.25, 0.3) is 5.69 Å². The maximum atomic E-state index is 10.6. The molecule has 0 aromatic heterocycles. The summed E-state index contributed by atoms with van der Waals surface area (Å²) in [5.41, 5.74) is 0.840. The van der Waals surface area contributed by atoms with Crippen LogP contribution in [0.15, 0.2) is 24.3 Å². The number of thiocarbonyl (C=S) groups is 1. The Bertz CT molecular complexity index is 490. The second kappa shape index (κ2) is 6.65. The summed E-state index contributed by atoms with van der Waals surface area (Å²) in [7, 11) is 0. The van der Waals surface area contributed by atoms with Crippen LogP contribution in [0.5, 0.6) is 0 Å². The van der Waals surface area contributed by atoms with Gasteiger partial charge in [0.2, 0.25) is 0 Å². The molecule has 0 radical (unpaired) electrons. The van der Waals surface area contributed by atoms with E-state index in [1.165, 1.54) is 31.4 Å². The summed E-state index contributed by atoms with van der Waals surface area (Å²) in [6.07, 6.45) is 4.91. The molecule has 5 nitrogen and oxygen atoms in total. The molecule has 0 spiro atoms. The molecular weight excluding hydrogens is 274 g/mol. The lowest BCUT2D eigenvalue weighted by atomic mass is 9.86. The molecule has 1 aliphatic rings. The molecule has 108 valence electrons. The molecule has 1 aromatic rings. The minimum absolute atomic E-state index is 0.0790. The number of nitrogens with zero attached hydrogens (tertiary/aromatic N) is 1. The van der Waals surface area contributed by atoms with Crippen LogP contribution in [-0.2, 0) is 0 Å². The summed E-state index contributed by atoms with van der Waals surface area (Å²) >= 11 is 5.30. The molecule has 2 rings (SSSR count). The molecule has 0 bridgehead atoms. The van der Waals surface area contributed by atoms with E-state index >= 15 is 0 Å². The Kier molecular flexibility index (Phi) is 4.89. The van der Waals surface area contributed by atoms with Crippen LogP contribution in [0.2, 0.25) is 0 Å². The van der Waals surface area contributed by atoms with Gasteiger partial charge in [-0.25, -0.2) is 0 Å². The van der Waals surface area contributed by atoms with E-state index in [1.807, 2.05) is 0 Å². The number of nitrogens with one attached hydrogen (secondary N) is 2. The first-order valence-corrected chi connectivity index (χ1v) is 7.29. The molecule has 2 N–H and O–H groups in total. The van der Waals surface area contributed by atoms with E-state index in [2.05, 4.69) is 17.6 Å². The smallest absolute Gasteiger partial charge is 0.269 e. The van der Waals surface area contributed by atoms with Crippen molar-refractivity contribution in [1.29, 1.82) is 0 Å². The molecule has 1 aromatic carbocycles. The molecule has 0 amide bonds. The van der Waals surface area contributed by atoms with E-state index in [4.69, 9.17) is 12.2 Å². The Hall–Kier alpha value is -1.69. The number of anilines is 1. The van der Waals surface area contributed by atoms with Crippen molar-refractivity contribution in [3.05, 3.63) is 34.4 Å². The van der Waals surface area contributed by atoms with Gasteiger partial charge in [0.05, 0.1) is 4.92 Å². The van der Waals surface area contributed by atoms with Gasteiger partial charge in [-0.15, -0.1) is 0 Å². The second-order valence-electron chi connectivity index (χ2n) is 5.27. The summed E-state index contributed by atoms with van der Waals surface area (Å²) in [6.45, 7) is 2.24. The second-order valence-corrected chi connectivity index (χ2v) is 5.68. The van der Waals surface area contributed by atoms with Crippen molar-refractivity contribution in [3.63, 3.8) is 0 Å². The van der Waals surface area contributed by atoms with Crippen molar-refractivity contribution in [2.24, 2.45) is 5.92 Å². The monoisotopic (exact) mass is 293 g/mol. The third-order valence-electron chi connectivity index (χ3n) is 3.76. The van der Waals surface area contributed by atoms with Crippen LogP contribution in [0.1, 0.15) is 32.6 Å². The molecule has 6 heteroatoms. The third-order valence-corrected chi connectivity index (χ3v) is 3.98. The lowest BCUT2D eigenvalue weighted by Crippen LogP contribution is -2.43. The molecule has 1 aliphatic carbocycles. The largest absolute Gasteiger partial charge is 0.359 e. The Balaban J connectivity index is 1.89. The highest BCUT2D eigenvalue weighted by molar-refractivity contribution is 7.80. The highest BCUT2D eigenvalue weighted by atomic mass is 32.1. The fourth-order valence-corrected chi connectivity index (χ4v) is 2.80. The zero-order valence-electron chi connectivity index (χ0n) is 11.5. The quantitative estimate of drug-likeness (QED) is 0.507. The molecule has 1 fully saturated rings. The van der Waals surface area contributed by atoms with Gasteiger partial charge in [0.1, 0.15) is 0 Å². The SMILES string of the molecule is CC1CCCCC1NC(=S)Nc1ccc([N+](=O)[O-])cc1. The van der Waals surface area contributed by atoms with Gasteiger partial charge >= 0.3 is 0 Å². The number of hydrogen-bond acceptors (Lipinski definition) is 3. The number of benzene rings is 1. The number of nitro groups is 1.